The van der Waals surface area contributed by atoms with E-state index < -0.39 is 0 Å². The normalized spacial score (nSPS) is 16.2. The van der Waals surface area contributed by atoms with Crippen LogP contribution in [0.5, 0.6) is 0 Å². The number of furan rings is 1. The van der Waals surface area contributed by atoms with Crippen molar-refractivity contribution in [1.82, 2.24) is 0 Å². The number of benzene rings is 1. The number of carbonyl (C=O) groups excluding carboxylic acids is 1. The van der Waals surface area contributed by atoms with Crippen LogP contribution >= 0.6 is 0 Å². The Labute approximate surface area is 119 Å². The van der Waals surface area contributed by atoms with Crippen LogP contribution in [0.3, 0.4) is 0 Å². The van der Waals surface area contributed by atoms with E-state index in [1.165, 1.54) is 43.9 Å². The highest BCUT2D eigenvalue weighted by Crippen LogP contribution is 2.32. The van der Waals surface area contributed by atoms with Gasteiger partial charge < -0.3 is 4.42 Å². The molecule has 2 nitrogen and oxygen atoms in total. The molecule has 1 aliphatic carbocycles. The van der Waals surface area contributed by atoms with Crippen molar-refractivity contribution in [3.05, 3.63) is 59.0 Å². The molecule has 104 valence electrons. The van der Waals surface area contributed by atoms with Gasteiger partial charge in [0.2, 0.25) is 0 Å². The van der Waals surface area contributed by atoms with E-state index in [0.29, 0.717) is 11.5 Å². The summed E-state index contributed by atoms with van der Waals surface area (Å²) in [6.45, 7) is 1.85. The molecule has 0 unspecified atom stereocenters. The molecule has 0 radical (unpaired) electrons. The number of rotatable bonds is 3. The van der Waals surface area contributed by atoms with Gasteiger partial charge >= 0.3 is 0 Å². The van der Waals surface area contributed by atoms with Gasteiger partial charge in [0.1, 0.15) is 12.0 Å². The summed E-state index contributed by atoms with van der Waals surface area (Å²) in [4.78, 5) is 12.3. The van der Waals surface area contributed by atoms with E-state index in [1.807, 2.05) is 19.1 Å². The summed E-state index contributed by atoms with van der Waals surface area (Å²) in [6, 6.07) is 9.94. The van der Waals surface area contributed by atoms with E-state index in [4.69, 9.17) is 4.42 Å². The molecule has 1 heterocycles. The lowest BCUT2D eigenvalue weighted by Gasteiger charge is -2.21. The molecule has 2 heteroatoms. The summed E-state index contributed by atoms with van der Waals surface area (Å²) >= 11 is 0. The first-order chi connectivity index (χ1) is 9.74. The summed E-state index contributed by atoms with van der Waals surface area (Å²) in [5.41, 5.74) is 2.75. The van der Waals surface area contributed by atoms with E-state index in [9.17, 15) is 4.79 Å². The smallest absolute Gasteiger partial charge is 0.196 e. The molecule has 0 saturated heterocycles. The number of carbonyl (C=O) groups is 1. The van der Waals surface area contributed by atoms with E-state index >= 15 is 0 Å². The van der Waals surface area contributed by atoms with Crippen molar-refractivity contribution in [3.8, 4) is 0 Å². The highest BCUT2D eigenvalue weighted by molar-refractivity contribution is 6.08. The van der Waals surface area contributed by atoms with Gasteiger partial charge in [-0.1, -0.05) is 43.5 Å². The molecule has 0 aliphatic heterocycles. The van der Waals surface area contributed by atoms with E-state index in [1.54, 1.807) is 6.07 Å². The quantitative estimate of drug-likeness (QED) is 0.744. The topological polar surface area (TPSA) is 30.2 Å². The van der Waals surface area contributed by atoms with Crippen LogP contribution in [0.1, 0.15) is 65.3 Å². The Morgan fingerprint density at radius 3 is 2.35 bits per heavy atom. The molecule has 2 aromatic rings. The lowest BCUT2D eigenvalue weighted by atomic mass is 9.84. The third-order valence-electron chi connectivity index (χ3n) is 4.24. The fourth-order valence-corrected chi connectivity index (χ4v) is 3.07. The van der Waals surface area contributed by atoms with Crippen LogP contribution in [0, 0.1) is 6.92 Å². The number of ketones is 1. The zero-order valence-corrected chi connectivity index (χ0v) is 11.9. The monoisotopic (exact) mass is 268 g/mol. The summed E-state index contributed by atoms with van der Waals surface area (Å²) in [6.07, 6.45) is 8.14. The summed E-state index contributed by atoms with van der Waals surface area (Å²) in [7, 11) is 0. The van der Waals surface area contributed by atoms with Crippen LogP contribution in [0.25, 0.3) is 0 Å². The Morgan fingerprint density at radius 1 is 1.05 bits per heavy atom. The average Bonchev–Trinajstić information content (AvgIpc) is 2.94. The van der Waals surface area contributed by atoms with Crippen LogP contribution in [-0.2, 0) is 0 Å². The van der Waals surface area contributed by atoms with Crippen molar-refractivity contribution >= 4 is 5.78 Å². The van der Waals surface area contributed by atoms with Crippen LogP contribution in [-0.4, -0.2) is 5.78 Å². The first-order valence-corrected chi connectivity index (χ1v) is 7.44. The standard InChI is InChI=1S/C18H20O2/c1-13-11-17(12-20-13)18(19)16-9-7-15(8-10-16)14-5-3-2-4-6-14/h7-12,14H,2-6H2,1H3. The molecule has 1 fully saturated rings. The van der Waals surface area contributed by atoms with Gasteiger partial charge in [0.05, 0.1) is 5.56 Å². The molecular weight excluding hydrogens is 248 g/mol. The SMILES string of the molecule is Cc1cc(C(=O)c2ccc(C3CCCCC3)cc2)co1. The Morgan fingerprint density at radius 2 is 1.75 bits per heavy atom. The lowest BCUT2D eigenvalue weighted by Crippen LogP contribution is -2.05. The molecular formula is C18H20O2. The van der Waals surface area contributed by atoms with E-state index in [-0.39, 0.29) is 5.78 Å². The fraction of sp³-hybridized carbons (Fsp3) is 0.389. The Bertz CT molecular complexity index is 586. The van der Waals surface area contributed by atoms with Gasteiger partial charge in [-0.05, 0) is 37.3 Å². The van der Waals surface area contributed by atoms with E-state index in [2.05, 4.69) is 12.1 Å². The maximum atomic E-state index is 12.3. The minimum absolute atomic E-state index is 0.0389. The molecule has 0 spiro atoms. The van der Waals surface area contributed by atoms with Gasteiger partial charge in [-0.25, -0.2) is 0 Å². The van der Waals surface area contributed by atoms with Crippen molar-refractivity contribution < 1.29 is 9.21 Å². The molecule has 0 bridgehead atoms. The Kier molecular flexibility index (Phi) is 3.72. The van der Waals surface area contributed by atoms with E-state index in [0.717, 1.165) is 11.3 Å². The molecule has 1 aliphatic rings. The van der Waals surface area contributed by atoms with Crippen LogP contribution in [0.4, 0.5) is 0 Å². The molecule has 1 aromatic heterocycles. The van der Waals surface area contributed by atoms with Crippen LogP contribution in [0.15, 0.2) is 41.0 Å². The van der Waals surface area contributed by atoms with Crippen molar-refractivity contribution in [2.24, 2.45) is 0 Å². The predicted molar refractivity (Wildman–Crippen MR) is 79.1 cm³/mol. The second-order valence-corrected chi connectivity index (χ2v) is 5.73. The highest BCUT2D eigenvalue weighted by atomic mass is 16.3. The van der Waals surface area contributed by atoms with Crippen molar-refractivity contribution in [1.29, 1.82) is 0 Å². The average molecular weight is 268 g/mol. The van der Waals surface area contributed by atoms with Crippen molar-refractivity contribution in [2.75, 3.05) is 0 Å². The minimum atomic E-state index is 0.0389. The summed E-state index contributed by atoms with van der Waals surface area (Å²) in [5, 5.41) is 0. The summed E-state index contributed by atoms with van der Waals surface area (Å²) < 4.78 is 5.21. The van der Waals surface area contributed by atoms with Gasteiger partial charge in [0.25, 0.3) is 0 Å². The third-order valence-corrected chi connectivity index (χ3v) is 4.24. The Hall–Kier alpha value is -1.83. The molecule has 0 amide bonds. The Balaban J connectivity index is 1.77. The van der Waals surface area contributed by atoms with Crippen molar-refractivity contribution in [2.45, 2.75) is 44.9 Å². The third kappa shape index (κ3) is 2.69. The maximum Gasteiger partial charge on any atom is 0.196 e. The fourth-order valence-electron chi connectivity index (χ4n) is 3.07. The van der Waals surface area contributed by atoms with Gasteiger partial charge in [-0.3, -0.25) is 4.79 Å². The van der Waals surface area contributed by atoms with Gasteiger partial charge in [-0.15, -0.1) is 0 Å². The summed E-state index contributed by atoms with van der Waals surface area (Å²) in [5.74, 6) is 1.49. The second-order valence-electron chi connectivity index (χ2n) is 5.73. The number of hydrogen-bond donors (Lipinski definition) is 0. The first-order valence-electron chi connectivity index (χ1n) is 7.44. The van der Waals surface area contributed by atoms with Crippen LogP contribution in [0.2, 0.25) is 0 Å². The maximum absolute atomic E-state index is 12.3. The highest BCUT2D eigenvalue weighted by Gasteiger charge is 2.16. The van der Waals surface area contributed by atoms with Crippen LogP contribution < -0.4 is 0 Å². The molecule has 20 heavy (non-hydrogen) atoms. The number of hydrogen-bond acceptors (Lipinski definition) is 2. The van der Waals surface area contributed by atoms with Gasteiger partial charge in [0.15, 0.2) is 5.78 Å². The lowest BCUT2D eigenvalue weighted by molar-refractivity contribution is 0.103. The molecule has 1 saturated carbocycles. The minimum Gasteiger partial charge on any atom is -0.469 e. The second kappa shape index (κ2) is 5.66. The predicted octanol–water partition coefficient (Wildman–Crippen LogP) is 4.87. The van der Waals surface area contributed by atoms with Gasteiger partial charge in [0, 0.05) is 5.56 Å². The number of aryl methyl sites for hydroxylation is 1. The molecule has 3 rings (SSSR count). The zero-order chi connectivity index (χ0) is 13.9. The van der Waals surface area contributed by atoms with Crippen molar-refractivity contribution in [3.63, 3.8) is 0 Å². The first kappa shape index (κ1) is 13.2. The molecule has 0 atom stereocenters. The molecule has 0 N–H and O–H groups in total. The largest absolute Gasteiger partial charge is 0.469 e. The van der Waals surface area contributed by atoms with Gasteiger partial charge in [-0.2, -0.15) is 0 Å². The molecule has 1 aromatic carbocycles. The zero-order valence-electron chi connectivity index (χ0n) is 11.9.